The van der Waals surface area contributed by atoms with Crippen molar-refractivity contribution < 1.29 is 4.79 Å². The third-order valence-electron chi connectivity index (χ3n) is 4.02. The van der Waals surface area contributed by atoms with Crippen molar-refractivity contribution in [3.8, 4) is 0 Å². The summed E-state index contributed by atoms with van der Waals surface area (Å²) in [5.41, 5.74) is 7.39. The number of nitrogens with zero attached hydrogens (tertiary/aromatic N) is 1. The molecule has 0 spiro atoms. The van der Waals surface area contributed by atoms with E-state index < -0.39 is 0 Å². The molecule has 0 radical (unpaired) electrons. The van der Waals surface area contributed by atoms with E-state index in [1.165, 1.54) is 11.1 Å². The number of benzene rings is 3. The molecule has 4 heteroatoms. The van der Waals surface area contributed by atoms with E-state index in [1.54, 1.807) is 0 Å². The number of rotatable bonds is 7. The average Bonchev–Trinajstić information content (AvgIpc) is 2.68. The lowest BCUT2D eigenvalue weighted by Gasteiger charge is -2.25. The second-order valence-electron chi connectivity index (χ2n) is 6.16. The molecule has 3 rings (SSSR count). The average molecular weight is 345 g/mol. The highest BCUT2D eigenvalue weighted by Gasteiger charge is 2.09. The first kappa shape index (κ1) is 17.7. The maximum atomic E-state index is 12.3. The molecule has 0 atom stereocenters. The van der Waals surface area contributed by atoms with Crippen molar-refractivity contribution in [3.05, 3.63) is 96.1 Å². The lowest BCUT2D eigenvalue weighted by Crippen LogP contribution is -2.42. The van der Waals surface area contributed by atoms with E-state index in [1.807, 2.05) is 84.7 Å². The summed E-state index contributed by atoms with van der Waals surface area (Å²) in [7, 11) is 0. The van der Waals surface area contributed by atoms with E-state index in [0.717, 1.165) is 11.4 Å². The number of aryl methyl sites for hydroxylation is 1. The number of anilines is 2. The second-order valence-corrected chi connectivity index (χ2v) is 6.16. The van der Waals surface area contributed by atoms with Gasteiger partial charge in [-0.1, -0.05) is 66.2 Å². The predicted octanol–water partition coefficient (Wildman–Crippen LogP) is 4.14. The second kappa shape index (κ2) is 8.83. The van der Waals surface area contributed by atoms with E-state index >= 15 is 0 Å². The van der Waals surface area contributed by atoms with Crippen molar-refractivity contribution in [1.82, 2.24) is 5.43 Å². The van der Waals surface area contributed by atoms with Crippen LogP contribution < -0.4 is 15.8 Å². The molecule has 0 aliphatic rings. The van der Waals surface area contributed by atoms with Gasteiger partial charge in [-0.15, -0.1) is 0 Å². The van der Waals surface area contributed by atoms with Gasteiger partial charge in [-0.2, -0.15) is 0 Å². The Morgan fingerprint density at radius 1 is 0.846 bits per heavy atom. The molecule has 26 heavy (non-hydrogen) atoms. The molecule has 2 N–H and O–H groups in total. The van der Waals surface area contributed by atoms with Crippen LogP contribution in [0.25, 0.3) is 0 Å². The van der Waals surface area contributed by atoms with Gasteiger partial charge in [0.1, 0.15) is 0 Å². The highest BCUT2D eigenvalue weighted by molar-refractivity contribution is 5.92. The maximum absolute atomic E-state index is 12.3. The Morgan fingerprint density at radius 3 is 2.12 bits per heavy atom. The molecule has 0 aromatic heterocycles. The highest BCUT2D eigenvalue weighted by atomic mass is 16.2. The molecular weight excluding hydrogens is 322 g/mol. The van der Waals surface area contributed by atoms with Crippen LogP contribution in [0, 0.1) is 6.92 Å². The first-order valence-electron chi connectivity index (χ1n) is 8.67. The summed E-state index contributed by atoms with van der Waals surface area (Å²) in [5, 5.41) is 4.90. The van der Waals surface area contributed by atoms with Gasteiger partial charge in [0.25, 0.3) is 0 Å². The number of amides is 1. The van der Waals surface area contributed by atoms with Crippen LogP contribution in [0.2, 0.25) is 0 Å². The van der Waals surface area contributed by atoms with E-state index in [4.69, 9.17) is 0 Å². The van der Waals surface area contributed by atoms with Gasteiger partial charge in [0, 0.05) is 5.69 Å². The fourth-order valence-electron chi connectivity index (χ4n) is 2.62. The SMILES string of the molecule is Cc1ccc(NC(=O)CNN(Cc2ccccc2)c2ccccc2)cc1. The van der Waals surface area contributed by atoms with Crippen molar-refractivity contribution in [1.29, 1.82) is 0 Å². The lowest BCUT2D eigenvalue weighted by molar-refractivity contribution is -0.115. The Labute approximate surface area is 154 Å². The van der Waals surface area contributed by atoms with Gasteiger partial charge in [0.2, 0.25) is 5.91 Å². The summed E-state index contributed by atoms with van der Waals surface area (Å²) >= 11 is 0. The predicted molar refractivity (Wildman–Crippen MR) is 107 cm³/mol. The molecule has 4 nitrogen and oxygen atoms in total. The number of para-hydroxylation sites is 1. The number of hydrazine groups is 1. The Bertz CT molecular complexity index is 817. The number of hydrogen-bond acceptors (Lipinski definition) is 3. The highest BCUT2D eigenvalue weighted by Crippen LogP contribution is 2.14. The molecule has 0 aliphatic heterocycles. The summed E-state index contributed by atoms with van der Waals surface area (Å²) in [6.45, 7) is 2.88. The van der Waals surface area contributed by atoms with Crippen LogP contribution in [-0.2, 0) is 11.3 Å². The minimum atomic E-state index is -0.0807. The third-order valence-corrected chi connectivity index (χ3v) is 4.02. The van der Waals surface area contributed by atoms with E-state index in [0.29, 0.717) is 6.54 Å². The topological polar surface area (TPSA) is 44.4 Å². The van der Waals surface area contributed by atoms with Crippen LogP contribution in [0.1, 0.15) is 11.1 Å². The summed E-state index contributed by atoms with van der Waals surface area (Å²) in [6.07, 6.45) is 0. The van der Waals surface area contributed by atoms with E-state index in [-0.39, 0.29) is 12.5 Å². The maximum Gasteiger partial charge on any atom is 0.240 e. The fraction of sp³-hybridized carbons (Fsp3) is 0.136. The quantitative estimate of drug-likeness (QED) is 0.633. The number of carbonyl (C=O) groups is 1. The summed E-state index contributed by atoms with van der Waals surface area (Å²) in [6, 6.07) is 28.0. The Kier molecular flexibility index (Phi) is 6.01. The molecule has 1 amide bonds. The van der Waals surface area contributed by atoms with Crippen LogP contribution >= 0.6 is 0 Å². The molecule has 0 saturated heterocycles. The monoisotopic (exact) mass is 345 g/mol. The summed E-state index contributed by atoms with van der Waals surface area (Å²) in [5.74, 6) is -0.0807. The van der Waals surface area contributed by atoms with Crippen LogP contribution in [0.5, 0.6) is 0 Å². The molecule has 0 bridgehead atoms. The van der Waals surface area contributed by atoms with Crippen LogP contribution in [0.15, 0.2) is 84.9 Å². The lowest BCUT2D eigenvalue weighted by atomic mass is 10.2. The van der Waals surface area contributed by atoms with E-state index in [2.05, 4.69) is 22.9 Å². The number of nitrogens with one attached hydrogen (secondary N) is 2. The smallest absolute Gasteiger partial charge is 0.240 e. The normalized spacial score (nSPS) is 10.3. The fourth-order valence-corrected chi connectivity index (χ4v) is 2.62. The molecule has 0 fully saturated rings. The molecule has 0 heterocycles. The van der Waals surface area contributed by atoms with Crippen LogP contribution in [0.4, 0.5) is 11.4 Å². The Morgan fingerprint density at radius 2 is 1.46 bits per heavy atom. The first-order chi connectivity index (χ1) is 12.7. The molecule has 0 aliphatic carbocycles. The standard InChI is InChI=1S/C22H23N3O/c1-18-12-14-20(15-13-18)24-22(26)16-23-25(21-10-6-3-7-11-21)17-19-8-4-2-5-9-19/h2-15,23H,16-17H2,1H3,(H,24,26). The summed E-state index contributed by atoms with van der Waals surface area (Å²) in [4.78, 5) is 12.3. The van der Waals surface area contributed by atoms with Crippen LogP contribution in [0.3, 0.4) is 0 Å². The van der Waals surface area contributed by atoms with Crippen molar-refractivity contribution in [2.75, 3.05) is 16.9 Å². The number of hydrogen-bond donors (Lipinski definition) is 2. The van der Waals surface area contributed by atoms with Crippen molar-refractivity contribution >= 4 is 17.3 Å². The first-order valence-corrected chi connectivity index (χ1v) is 8.67. The van der Waals surface area contributed by atoms with Crippen molar-refractivity contribution in [3.63, 3.8) is 0 Å². The van der Waals surface area contributed by atoms with E-state index in [9.17, 15) is 4.79 Å². The van der Waals surface area contributed by atoms with Gasteiger partial charge in [0.15, 0.2) is 0 Å². The zero-order valence-corrected chi connectivity index (χ0v) is 14.9. The van der Waals surface area contributed by atoms with Crippen LogP contribution in [-0.4, -0.2) is 12.5 Å². The molecule has 0 unspecified atom stereocenters. The molecular formula is C22H23N3O. The molecule has 132 valence electrons. The number of carbonyl (C=O) groups excluding carboxylic acids is 1. The zero-order chi connectivity index (χ0) is 18.2. The van der Waals surface area contributed by atoms with Gasteiger partial charge < -0.3 is 10.3 Å². The minimum absolute atomic E-state index is 0.0807. The van der Waals surface area contributed by atoms with Gasteiger partial charge in [-0.05, 0) is 36.8 Å². The molecule has 0 saturated carbocycles. The largest absolute Gasteiger partial charge is 0.325 e. The van der Waals surface area contributed by atoms with Gasteiger partial charge in [-0.3, -0.25) is 4.79 Å². The minimum Gasteiger partial charge on any atom is -0.325 e. The van der Waals surface area contributed by atoms with Crippen molar-refractivity contribution in [2.45, 2.75) is 13.5 Å². The molecule has 3 aromatic rings. The zero-order valence-electron chi connectivity index (χ0n) is 14.9. The third kappa shape index (κ3) is 5.19. The van der Waals surface area contributed by atoms with Gasteiger partial charge >= 0.3 is 0 Å². The Balaban J connectivity index is 1.63. The molecule has 3 aromatic carbocycles. The summed E-state index contributed by atoms with van der Waals surface area (Å²) < 4.78 is 0. The van der Waals surface area contributed by atoms with Crippen molar-refractivity contribution in [2.24, 2.45) is 0 Å². The van der Waals surface area contributed by atoms with Gasteiger partial charge in [-0.25, -0.2) is 5.43 Å². The Hall–Kier alpha value is -3.11. The van der Waals surface area contributed by atoms with Gasteiger partial charge in [0.05, 0.1) is 18.8 Å².